The second kappa shape index (κ2) is 16.7. The number of methoxy groups -OCH3 is 1. The predicted molar refractivity (Wildman–Crippen MR) is 151 cm³/mol. The van der Waals surface area contributed by atoms with Gasteiger partial charge >= 0.3 is 11.9 Å². The summed E-state index contributed by atoms with van der Waals surface area (Å²) in [5.74, 6) is -0.755. The van der Waals surface area contributed by atoms with Gasteiger partial charge in [-0.25, -0.2) is 0 Å². The fourth-order valence-electron chi connectivity index (χ4n) is 6.85. The van der Waals surface area contributed by atoms with Crippen LogP contribution in [-0.2, 0) is 42.8 Å². The molecule has 4 unspecified atom stereocenters. The van der Waals surface area contributed by atoms with Crippen LogP contribution in [0, 0.1) is 17.3 Å². The highest BCUT2D eigenvalue weighted by atomic mass is 16.7. The Hall–Kier alpha value is -1.81. The van der Waals surface area contributed by atoms with E-state index in [2.05, 4.69) is 16.9 Å². The van der Waals surface area contributed by atoms with Gasteiger partial charge in [-0.3, -0.25) is 14.4 Å². The first kappa shape index (κ1) is 32.1. The van der Waals surface area contributed by atoms with Gasteiger partial charge in [0.2, 0.25) is 0 Å². The van der Waals surface area contributed by atoms with E-state index in [1.165, 1.54) is 13.5 Å². The number of hydrogen-bond donors (Lipinski definition) is 0. The standard InChI is InChI=1S/C32H50O9/c1-36-28(34)14-12-20-40-31(35)32-22-24(33)21-26(32)25(27(23-32)41-30-16-8-11-19-39-30)13-6-4-2-3-5-9-17-37-29-15-7-10-18-38-29/h6,13,25-27,29-30H,2-5,7-12,14-23H2,1H3/t25?,26-,27?,29?,30?,32-/m0/s1. The number of ether oxygens (including phenoxy) is 6. The van der Waals surface area contributed by atoms with Gasteiger partial charge in [0.05, 0.1) is 25.2 Å². The first-order chi connectivity index (χ1) is 20.0. The number of fused-ring (bicyclic) bond motifs is 1. The van der Waals surface area contributed by atoms with Gasteiger partial charge in [-0.2, -0.15) is 0 Å². The maximum atomic E-state index is 13.5. The van der Waals surface area contributed by atoms with Gasteiger partial charge in [-0.1, -0.05) is 25.0 Å². The Labute approximate surface area is 245 Å². The molecule has 9 nitrogen and oxygen atoms in total. The van der Waals surface area contributed by atoms with Crippen molar-refractivity contribution < 1.29 is 42.8 Å². The van der Waals surface area contributed by atoms with Crippen LogP contribution in [-0.4, -0.2) is 69.9 Å². The van der Waals surface area contributed by atoms with E-state index >= 15 is 0 Å². The summed E-state index contributed by atoms with van der Waals surface area (Å²) in [4.78, 5) is 37.6. The zero-order valence-corrected chi connectivity index (χ0v) is 24.9. The number of hydrogen-bond acceptors (Lipinski definition) is 9. The fourth-order valence-corrected chi connectivity index (χ4v) is 6.85. The number of Topliss-reactive ketones (excluding diaryl/α,β-unsaturated/α-hetero) is 1. The largest absolute Gasteiger partial charge is 0.469 e. The average Bonchev–Trinajstić information content (AvgIpc) is 3.46. The van der Waals surface area contributed by atoms with Crippen LogP contribution < -0.4 is 0 Å². The molecule has 0 aromatic rings. The molecule has 4 fully saturated rings. The molecule has 0 bridgehead atoms. The highest BCUT2D eigenvalue weighted by Crippen LogP contribution is 2.58. The molecule has 2 saturated carbocycles. The van der Waals surface area contributed by atoms with Crippen LogP contribution in [0.4, 0.5) is 0 Å². The number of carbonyl (C=O) groups excluding carboxylic acids is 3. The van der Waals surface area contributed by atoms with Gasteiger partial charge in [0, 0.05) is 45.0 Å². The molecule has 0 amide bonds. The molecule has 0 radical (unpaired) electrons. The summed E-state index contributed by atoms with van der Waals surface area (Å²) >= 11 is 0. The summed E-state index contributed by atoms with van der Waals surface area (Å²) in [7, 11) is 1.34. The summed E-state index contributed by atoms with van der Waals surface area (Å²) in [5.41, 5.74) is -0.876. The molecule has 6 atom stereocenters. The van der Waals surface area contributed by atoms with E-state index in [-0.39, 0.29) is 67.7 Å². The Morgan fingerprint density at radius 2 is 1.71 bits per heavy atom. The van der Waals surface area contributed by atoms with E-state index in [1.54, 1.807) is 0 Å². The summed E-state index contributed by atoms with van der Waals surface area (Å²) in [6.07, 6.45) is 17.1. The Balaban J connectivity index is 1.28. The number of rotatable bonds is 16. The van der Waals surface area contributed by atoms with Crippen LogP contribution in [0.25, 0.3) is 0 Å². The average molecular weight is 579 g/mol. The number of carbonyl (C=O) groups is 3. The molecule has 0 aromatic carbocycles. The lowest BCUT2D eigenvalue weighted by Gasteiger charge is -2.29. The minimum Gasteiger partial charge on any atom is -0.469 e. The molecule has 2 aliphatic heterocycles. The highest BCUT2D eigenvalue weighted by Gasteiger charge is 2.63. The molecule has 4 aliphatic rings. The molecule has 2 heterocycles. The molecule has 232 valence electrons. The van der Waals surface area contributed by atoms with Crippen molar-refractivity contribution >= 4 is 17.7 Å². The number of esters is 2. The van der Waals surface area contributed by atoms with Gasteiger partial charge < -0.3 is 28.4 Å². The van der Waals surface area contributed by atoms with Crippen molar-refractivity contribution in [2.45, 2.75) is 121 Å². The first-order valence-corrected chi connectivity index (χ1v) is 15.9. The van der Waals surface area contributed by atoms with Gasteiger partial charge in [0.15, 0.2) is 12.6 Å². The third-order valence-corrected chi connectivity index (χ3v) is 9.05. The van der Waals surface area contributed by atoms with Crippen LogP contribution in [0.2, 0.25) is 0 Å². The lowest BCUT2D eigenvalue weighted by molar-refractivity contribution is -0.194. The summed E-state index contributed by atoms with van der Waals surface area (Å²) in [5, 5.41) is 0. The zero-order chi connectivity index (χ0) is 28.9. The maximum absolute atomic E-state index is 13.5. The molecule has 0 spiro atoms. The van der Waals surface area contributed by atoms with Gasteiger partial charge in [-0.05, 0) is 76.5 Å². The maximum Gasteiger partial charge on any atom is 0.312 e. The molecule has 4 rings (SSSR count). The van der Waals surface area contributed by atoms with Gasteiger partial charge in [-0.15, -0.1) is 0 Å². The third-order valence-electron chi connectivity index (χ3n) is 9.05. The van der Waals surface area contributed by atoms with Crippen molar-refractivity contribution in [3.05, 3.63) is 12.2 Å². The van der Waals surface area contributed by atoms with Crippen LogP contribution in [0.3, 0.4) is 0 Å². The lowest BCUT2D eigenvalue weighted by atomic mass is 9.78. The van der Waals surface area contributed by atoms with Crippen molar-refractivity contribution in [2.24, 2.45) is 17.3 Å². The second-order valence-electron chi connectivity index (χ2n) is 12.0. The summed E-state index contributed by atoms with van der Waals surface area (Å²) in [6.45, 7) is 2.38. The van der Waals surface area contributed by atoms with Gasteiger partial charge in [0.25, 0.3) is 0 Å². The molecular formula is C32H50O9. The monoisotopic (exact) mass is 578 g/mol. The minimum atomic E-state index is -0.876. The summed E-state index contributed by atoms with van der Waals surface area (Å²) < 4.78 is 34.1. The molecule has 9 heteroatoms. The van der Waals surface area contributed by atoms with Crippen molar-refractivity contribution in [1.82, 2.24) is 0 Å². The van der Waals surface area contributed by atoms with Crippen LogP contribution >= 0.6 is 0 Å². The van der Waals surface area contributed by atoms with Crippen LogP contribution in [0.15, 0.2) is 12.2 Å². The van der Waals surface area contributed by atoms with Crippen LogP contribution in [0.1, 0.15) is 103 Å². The topological polar surface area (TPSA) is 107 Å². The highest BCUT2D eigenvalue weighted by molar-refractivity contribution is 5.92. The van der Waals surface area contributed by atoms with Crippen molar-refractivity contribution in [3.8, 4) is 0 Å². The Bertz CT molecular complexity index is 861. The lowest BCUT2D eigenvalue weighted by Crippen LogP contribution is -2.34. The molecule has 0 aromatic heterocycles. The minimum absolute atomic E-state index is 0.0148. The van der Waals surface area contributed by atoms with E-state index in [4.69, 9.17) is 23.7 Å². The molecule has 41 heavy (non-hydrogen) atoms. The number of ketones is 1. The van der Waals surface area contributed by atoms with E-state index in [1.807, 2.05) is 0 Å². The van der Waals surface area contributed by atoms with Crippen molar-refractivity contribution in [3.63, 3.8) is 0 Å². The Kier molecular flexibility index (Phi) is 13.1. The first-order valence-electron chi connectivity index (χ1n) is 15.9. The Morgan fingerprint density at radius 3 is 2.44 bits per heavy atom. The molecule has 2 saturated heterocycles. The summed E-state index contributed by atoms with van der Waals surface area (Å²) in [6, 6.07) is 0. The number of allylic oxidation sites excluding steroid dienone is 1. The van der Waals surface area contributed by atoms with E-state index in [0.717, 1.165) is 77.4 Å². The van der Waals surface area contributed by atoms with Crippen LogP contribution in [0.5, 0.6) is 0 Å². The van der Waals surface area contributed by atoms with Crippen molar-refractivity contribution in [2.75, 3.05) is 33.5 Å². The van der Waals surface area contributed by atoms with E-state index < -0.39 is 5.41 Å². The molecule has 0 N–H and O–H groups in total. The van der Waals surface area contributed by atoms with E-state index in [0.29, 0.717) is 25.9 Å². The normalized spacial score (nSPS) is 31.8. The fraction of sp³-hybridized carbons (Fsp3) is 0.844. The second-order valence-corrected chi connectivity index (χ2v) is 12.0. The molecular weight excluding hydrogens is 528 g/mol. The van der Waals surface area contributed by atoms with Crippen molar-refractivity contribution in [1.29, 1.82) is 0 Å². The quantitative estimate of drug-likeness (QED) is 0.135. The number of unbranched alkanes of at least 4 members (excludes halogenated alkanes) is 4. The zero-order valence-electron chi connectivity index (χ0n) is 24.9. The predicted octanol–water partition coefficient (Wildman–Crippen LogP) is 5.43. The third kappa shape index (κ3) is 9.34. The van der Waals surface area contributed by atoms with E-state index in [9.17, 15) is 14.4 Å². The molecule has 2 aliphatic carbocycles. The Morgan fingerprint density at radius 1 is 0.951 bits per heavy atom. The van der Waals surface area contributed by atoms with Gasteiger partial charge in [0.1, 0.15) is 5.78 Å². The smallest absolute Gasteiger partial charge is 0.312 e. The SMILES string of the molecule is COC(=O)CCCOC(=O)[C@]12CC(=O)C[C@H]1C(C=CCCCCCCOC1CCCCO1)C(OC1CCCCO1)C2.